The first-order chi connectivity index (χ1) is 21.7. The Hall–Kier alpha value is -3.64. The number of pyridine rings is 2. The third kappa shape index (κ3) is 9.92. The Bertz CT molecular complexity index is 1440. The number of benzene rings is 1. The van der Waals surface area contributed by atoms with Gasteiger partial charge in [-0.1, -0.05) is 23.2 Å². The van der Waals surface area contributed by atoms with Gasteiger partial charge in [0.1, 0.15) is 18.2 Å². The number of nitrogens with zero attached hydrogens (tertiary/aromatic N) is 5. The van der Waals surface area contributed by atoms with Gasteiger partial charge >= 0.3 is 6.09 Å². The van der Waals surface area contributed by atoms with E-state index >= 15 is 0 Å². The summed E-state index contributed by atoms with van der Waals surface area (Å²) in [5, 5.41) is 4.02. The van der Waals surface area contributed by atoms with Crippen LogP contribution < -0.4 is 20.7 Å². The predicted molar refractivity (Wildman–Crippen MR) is 175 cm³/mol. The van der Waals surface area contributed by atoms with Crippen LogP contribution in [0.2, 0.25) is 10.0 Å². The number of ether oxygens (including phenoxy) is 2. The lowest BCUT2D eigenvalue weighted by molar-refractivity contribution is -0.119. The molecule has 0 unspecified atom stereocenters. The molecule has 11 nitrogen and oxygen atoms in total. The Labute approximate surface area is 273 Å². The Morgan fingerprint density at radius 1 is 0.978 bits per heavy atom. The van der Waals surface area contributed by atoms with Crippen molar-refractivity contribution in [3.05, 3.63) is 64.3 Å². The molecule has 0 spiro atoms. The van der Waals surface area contributed by atoms with Gasteiger partial charge in [0.05, 0.1) is 11.9 Å². The van der Waals surface area contributed by atoms with Crippen LogP contribution >= 0.6 is 23.2 Å². The molecule has 2 saturated heterocycles. The lowest BCUT2D eigenvalue weighted by atomic mass is 9.96. The SMILES string of the molecule is CC(=O)NCC1CCN(Cc2cc(Oc3ccc(N4CCN(CCOC(N)=O)CC4)nc3)nc(-c3cc(Cl)cc(Cl)c3)c2)CC1. The van der Waals surface area contributed by atoms with Gasteiger partial charge in [-0.15, -0.1) is 0 Å². The van der Waals surface area contributed by atoms with Crippen molar-refractivity contribution in [2.45, 2.75) is 26.3 Å². The molecule has 4 heterocycles. The van der Waals surface area contributed by atoms with E-state index in [-0.39, 0.29) is 5.91 Å². The fraction of sp³-hybridized carbons (Fsp3) is 0.438. The normalized spacial score (nSPS) is 16.4. The highest BCUT2D eigenvalue weighted by Crippen LogP contribution is 2.31. The fourth-order valence-electron chi connectivity index (χ4n) is 5.66. The average molecular weight is 657 g/mol. The molecular formula is C32H39Cl2N7O4. The summed E-state index contributed by atoms with van der Waals surface area (Å²) in [5.41, 5.74) is 7.64. The topological polar surface area (TPSA) is 126 Å². The van der Waals surface area contributed by atoms with E-state index in [0.717, 1.165) is 87.8 Å². The van der Waals surface area contributed by atoms with Crippen LogP contribution in [0.25, 0.3) is 11.3 Å². The summed E-state index contributed by atoms with van der Waals surface area (Å²) in [6.45, 7) is 9.16. The number of halogens is 2. The van der Waals surface area contributed by atoms with Gasteiger partial charge in [-0.05, 0) is 73.8 Å². The molecule has 13 heteroatoms. The number of aromatic nitrogens is 2. The highest BCUT2D eigenvalue weighted by molar-refractivity contribution is 6.35. The molecule has 0 aliphatic carbocycles. The van der Waals surface area contributed by atoms with E-state index in [2.05, 4.69) is 31.1 Å². The summed E-state index contributed by atoms with van der Waals surface area (Å²) in [4.78, 5) is 38.4. The first-order valence-electron chi connectivity index (χ1n) is 15.2. The first kappa shape index (κ1) is 32.7. The third-order valence-electron chi connectivity index (χ3n) is 8.06. The maximum Gasteiger partial charge on any atom is 0.404 e. The minimum Gasteiger partial charge on any atom is -0.448 e. The number of anilines is 1. The van der Waals surface area contributed by atoms with E-state index in [1.165, 1.54) is 0 Å². The van der Waals surface area contributed by atoms with E-state index < -0.39 is 6.09 Å². The number of nitrogens with one attached hydrogen (secondary N) is 1. The molecule has 240 valence electrons. The van der Waals surface area contributed by atoms with Gasteiger partial charge in [0.15, 0.2) is 0 Å². The Balaban J connectivity index is 1.25. The summed E-state index contributed by atoms with van der Waals surface area (Å²) in [5.74, 6) is 2.42. The van der Waals surface area contributed by atoms with Crippen LogP contribution in [0.4, 0.5) is 10.6 Å². The van der Waals surface area contributed by atoms with Crippen molar-refractivity contribution in [2.24, 2.45) is 11.7 Å². The zero-order valence-electron chi connectivity index (χ0n) is 25.4. The van der Waals surface area contributed by atoms with Crippen molar-refractivity contribution in [3.63, 3.8) is 0 Å². The van der Waals surface area contributed by atoms with Crippen LogP contribution in [0.3, 0.4) is 0 Å². The number of carbonyl (C=O) groups is 2. The number of nitrogens with two attached hydrogens (primary N) is 1. The van der Waals surface area contributed by atoms with Crippen LogP contribution in [0.5, 0.6) is 11.6 Å². The molecule has 0 atom stereocenters. The predicted octanol–water partition coefficient (Wildman–Crippen LogP) is 4.81. The van der Waals surface area contributed by atoms with E-state index in [1.54, 1.807) is 19.2 Å². The van der Waals surface area contributed by atoms with Crippen LogP contribution in [0.1, 0.15) is 25.3 Å². The van der Waals surface area contributed by atoms with Crippen LogP contribution in [0.15, 0.2) is 48.7 Å². The molecule has 3 aromatic rings. The number of rotatable bonds is 11. The largest absolute Gasteiger partial charge is 0.448 e. The molecule has 2 aliphatic rings. The summed E-state index contributed by atoms with van der Waals surface area (Å²) >= 11 is 12.7. The number of amides is 2. The Morgan fingerprint density at radius 2 is 1.71 bits per heavy atom. The molecule has 2 aliphatic heterocycles. The summed E-state index contributed by atoms with van der Waals surface area (Å²) < 4.78 is 11.1. The molecule has 2 amide bonds. The van der Waals surface area contributed by atoms with Gasteiger partial charge in [-0.2, -0.15) is 0 Å². The Kier molecular flexibility index (Phi) is 11.3. The fourth-order valence-corrected chi connectivity index (χ4v) is 6.19. The zero-order valence-corrected chi connectivity index (χ0v) is 26.9. The minimum absolute atomic E-state index is 0.0177. The van der Waals surface area contributed by atoms with Crippen molar-refractivity contribution < 1.29 is 19.1 Å². The second-order valence-corrected chi connectivity index (χ2v) is 12.3. The van der Waals surface area contributed by atoms with Gasteiger partial charge in [-0.3, -0.25) is 14.6 Å². The average Bonchev–Trinajstić information content (AvgIpc) is 3.01. The van der Waals surface area contributed by atoms with Crippen molar-refractivity contribution >= 4 is 41.0 Å². The molecule has 0 bridgehead atoms. The highest BCUT2D eigenvalue weighted by atomic mass is 35.5. The number of piperidine rings is 1. The number of likely N-dealkylation sites (tertiary alicyclic amines) is 1. The second kappa shape index (κ2) is 15.6. The highest BCUT2D eigenvalue weighted by Gasteiger charge is 2.21. The summed E-state index contributed by atoms with van der Waals surface area (Å²) in [6, 6.07) is 13.3. The quantitative estimate of drug-likeness (QED) is 0.299. The van der Waals surface area contributed by atoms with Crippen LogP contribution in [0, 0.1) is 5.92 Å². The van der Waals surface area contributed by atoms with E-state index in [0.29, 0.717) is 40.7 Å². The van der Waals surface area contributed by atoms with Gasteiger partial charge < -0.3 is 25.4 Å². The molecule has 0 radical (unpaired) electrons. The van der Waals surface area contributed by atoms with E-state index in [1.807, 2.05) is 30.3 Å². The van der Waals surface area contributed by atoms with Gasteiger partial charge in [-0.25, -0.2) is 14.8 Å². The summed E-state index contributed by atoms with van der Waals surface area (Å²) in [7, 11) is 0. The smallest absolute Gasteiger partial charge is 0.404 e. The van der Waals surface area contributed by atoms with Crippen molar-refractivity contribution in [1.82, 2.24) is 25.1 Å². The second-order valence-electron chi connectivity index (χ2n) is 11.5. The van der Waals surface area contributed by atoms with Crippen molar-refractivity contribution in [2.75, 3.05) is 63.9 Å². The molecule has 2 fully saturated rings. The minimum atomic E-state index is -0.747. The maximum absolute atomic E-state index is 11.3. The maximum atomic E-state index is 11.3. The molecular weight excluding hydrogens is 617 g/mol. The number of hydrogen-bond acceptors (Lipinski definition) is 9. The Morgan fingerprint density at radius 3 is 2.36 bits per heavy atom. The molecule has 45 heavy (non-hydrogen) atoms. The monoisotopic (exact) mass is 655 g/mol. The number of primary amides is 1. The number of carbonyl (C=O) groups excluding carboxylic acids is 2. The van der Waals surface area contributed by atoms with Gasteiger partial charge in [0.2, 0.25) is 11.8 Å². The van der Waals surface area contributed by atoms with Crippen LogP contribution in [-0.4, -0.2) is 90.7 Å². The molecule has 5 rings (SSSR count). The lowest BCUT2D eigenvalue weighted by Gasteiger charge is -2.35. The van der Waals surface area contributed by atoms with Crippen molar-refractivity contribution in [1.29, 1.82) is 0 Å². The third-order valence-corrected chi connectivity index (χ3v) is 8.50. The number of hydrogen-bond donors (Lipinski definition) is 2. The zero-order chi connectivity index (χ0) is 31.8. The lowest BCUT2D eigenvalue weighted by Crippen LogP contribution is -2.47. The standard InChI is InChI=1S/C32H39Cl2N7O4/c1-22(42)36-19-23-4-6-40(7-5-23)21-24-14-29(25-16-26(33)18-27(34)17-25)38-31(15-24)45-28-2-3-30(37-20-28)41-10-8-39(9-11-41)12-13-44-32(35)43/h2-3,14-18,20,23H,4-13,19,21H2,1H3,(H2,35,43)(H,36,42). The van der Waals surface area contributed by atoms with Crippen molar-refractivity contribution in [3.8, 4) is 22.9 Å². The summed E-state index contributed by atoms with van der Waals surface area (Å²) in [6.07, 6.45) is 3.03. The van der Waals surface area contributed by atoms with Gasteiger partial charge in [0.25, 0.3) is 0 Å². The molecule has 0 saturated carbocycles. The molecule has 1 aromatic carbocycles. The molecule has 3 N–H and O–H groups in total. The van der Waals surface area contributed by atoms with E-state index in [9.17, 15) is 9.59 Å². The van der Waals surface area contributed by atoms with Crippen LogP contribution in [-0.2, 0) is 16.1 Å². The first-order valence-corrected chi connectivity index (χ1v) is 15.9. The number of piperazine rings is 1. The van der Waals surface area contributed by atoms with E-state index in [4.69, 9.17) is 43.4 Å². The van der Waals surface area contributed by atoms with Gasteiger partial charge in [0, 0.05) is 74.4 Å². The molecule has 2 aromatic heterocycles.